The Balaban J connectivity index is 2.21. The molecule has 0 spiro atoms. The van der Waals surface area contributed by atoms with Crippen molar-refractivity contribution in [3.8, 4) is 0 Å². The number of carbonyl (C=O) groups excluding carboxylic acids is 1. The van der Waals surface area contributed by atoms with Crippen molar-refractivity contribution in [2.24, 2.45) is 5.92 Å². The molecule has 1 rings (SSSR count). The minimum atomic E-state index is 0.536. The van der Waals surface area contributed by atoms with Gasteiger partial charge in [0.05, 0.1) is 6.61 Å². The highest BCUT2D eigenvalue weighted by Crippen LogP contribution is 2.23. The Morgan fingerprint density at radius 2 is 2.27 bits per heavy atom. The summed E-state index contributed by atoms with van der Waals surface area (Å²) in [5, 5.41) is 0. The second-order valence-electron chi connectivity index (χ2n) is 4.52. The van der Waals surface area contributed by atoms with E-state index in [1.807, 2.05) is 0 Å². The lowest BCUT2D eigenvalue weighted by atomic mass is 9.91. The fraction of sp³-hybridized carbons (Fsp3) is 0.917. The van der Waals surface area contributed by atoms with Gasteiger partial charge in [-0.05, 0) is 32.1 Å². The highest BCUT2D eigenvalue weighted by Gasteiger charge is 2.23. The molecule has 88 valence electrons. The van der Waals surface area contributed by atoms with Crippen molar-refractivity contribution >= 4 is 6.47 Å². The Morgan fingerprint density at radius 1 is 1.47 bits per heavy atom. The van der Waals surface area contributed by atoms with Gasteiger partial charge in [0.25, 0.3) is 6.47 Å². The number of rotatable bonds is 6. The van der Waals surface area contributed by atoms with Crippen molar-refractivity contribution in [2.75, 3.05) is 19.7 Å². The van der Waals surface area contributed by atoms with Crippen LogP contribution in [0.3, 0.4) is 0 Å². The van der Waals surface area contributed by atoms with Crippen molar-refractivity contribution in [3.63, 3.8) is 0 Å². The molecule has 2 unspecified atom stereocenters. The third-order valence-corrected chi connectivity index (χ3v) is 3.46. The Labute approximate surface area is 92.8 Å². The number of ether oxygens (including phenoxy) is 1. The SMILES string of the molecule is CCC1CCC(C)N(CCCOC=O)C1. The van der Waals surface area contributed by atoms with E-state index < -0.39 is 0 Å². The molecule has 1 fully saturated rings. The van der Waals surface area contributed by atoms with Crippen LogP contribution in [0, 0.1) is 5.92 Å². The molecule has 1 aliphatic heterocycles. The first-order valence-electron chi connectivity index (χ1n) is 6.07. The molecule has 0 aromatic rings. The third kappa shape index (κ3) is 4.20. The van der Waals surface area contributed by atoms with Gasteiger partial charge in [-0.2, -0.15) is 0 Å². The minimum absolute atomic E-state index is 0.536. The Kier molecular flexibility index (Phi) is 5.69. The van der Waals surface area contributed by atoms with Gasteiger partial charge in [-0.25, -0.2) is 0 Å². The number of likely N-dealkylation sites (tertiary alicyclic amines) is 1. The number of hydrogen-bond acceptors (Lipinski definition) is 3. The van der Waals surface area contributed by atoms with Gasteiger partial charge in [0.1, 0.15) is 0 Å². The van der Waals surface area contributed by atoms with Gasteiger partial charge in [0.2, 0.25) is 0 Å². The van der Waals surface area contributed by atoms with Crippen LogP contribution in [0.5, 0.6) is 0 Å². The lowest BCUT2D eigenvalue weighted by Crippen LogP contribution is -2.42. The van der Waals surface area contributed by atoms with Gasteiger partial charge in [-0.1, -0.05) is 13.3 Å². The van der Waals surface area contributed by atoms with Crippen LogP contribution >= 0.6 is 0 Å². The molecule has 0 amide bonds. The zero-order valence-corrected chi connectivity index (χ0v) is 9.95. The Hall–Kier alpha value is -0.570. The van der Waals surface area contributed by atoms with Crippen molar-refractivity contribution in [3.05, 3.63) is 0 Å². The molecule has 3 heteroatoms. The summed E-state index contributed by atoms with van der Waals surface area (Å²) in [4.78, 5) is 12.5. The Morgan fingerprint density at radius 3 is 2.93 bits per heavy atom. The van der Waals surface area contributed by atoms with E-state index in [0.717, 1.165) is 18.9 Å². The monoisotopic (exact) mass is 213 g/mol. The molecule has 2 atom stereocenters. The van der Waals surface area contributed by atoms with Crippen molar-refractivity contribution in [2.45, 2.75) is 45.6 Å². The summed E-state index contributed by atoms with van der Waals surface area (Å²) in [6.07, 6.45) is 4.93. The molecule has 0 aliphatic carbocycles. The number of nitrogens with zero attached hydrogens (tertiary/aromatic N) is 1. The van der Waals surface area contributed by atoms with E-state index in [-0.39, 0.29) is 0 Å². The molecule has 0 aromatic heterocycles. The van der Waals surface area contributed by atoms with E-state index >= 15 is 0 Å². The first-order chi connectivity index (χ1) is 7.27. The fourth-order valence-electron chi connectivity index (χ4n) is 2.31. The van der Waals surface area contributed by atoms with Crippen molar-refractivity contribution in [1.29, 1.82) is 0 Å². The highest BCUT2D eigenvalue weighted by molar-refractivity contribution is 5.36. The summed E-state index contributed by atoms with van der Waals surface area (Å²) < 4.78 is 4.71. The summed E-state index contributed by atoms with van der Waals surface area (Å²) in [6, 6.07) is 0.698. The van der Waals surface area contributed by atoms with Gasteiger partial charge >= 0.3 is 0 Å². The summed E-state index contributed by atoms with van der Waals surface area (Å²) in [7, 11) is 0. The molecular weight excluding hydrogens is 190 g/mol. The molecule has 3 nitrogen and oxygen atoms in total. The number of piperidine rings is 1. The van der Waals surface area contributed by atoms with E-state index in [9.17, 15) is 4.79 Å². The van der Waals surface area contributed by atoms with Crippen LogP contribution in [0.1, 0.15) is 39.5 Å². The molecule has 1 aliphatic rings. The average molecular weight is 213 g/mol. The van der Waals surface area contributed by atoms with Crippen LogP contribution < -0.4 is 0 Å². The second-order valence-corrected chi connectivity index (χ2v) is 4.52. The van der Waals surface area contributed by atoms with Gasteiger partial charge in [0.15, 0.2) is 0 Å². The summed E-state index contributed by atoms with van der Waals surface area (Å²) >= 11 is 0. The molecule has 0 radical (unpaired) electrons. The fourth-order valence-corrected chi connectivity index (χ4v) is 2.31. The first-order valence-corrected chi connectivity index (χ1v) is 6.07. The molecule has 0 bridgehead atoms. The highest BCUT2D eigenvalue weighted by atomic mass is 16.5. The minimum Gasteiger partial charge on any atom is -0.468 e. The van der Waals surface area contributed by atoms with Crippen LogP contribution in [-0.2, 0) is 9.53 Å². The van der Waals surface area contributed by atoms with Crippen LogP contribution in [0.4, 0.5) is 0 Å². The summed E-state index contributed by atoms with van der Waals surface area (Å²) in [6.45, 7) is 7.95. The average Bonchev–Trinajstić information content (AvgIpc) is 2.26. The number of carbonyl (C=O) groups is 1. The molecule has 0 saturated carbocycles. The normalized spacial score (nSPS) is 27.6. The number of hydrogen-bond donors (Lipinski definition) is 0. The van der Waals surface area contributed by atoms with E-state index in [1.54, 1.807) is 0 Å². The maximum absolute atomic E-state index is 9.98. The third-order valence-electron chi connectivity index (χ3n) is 3.46. The van der Waals surface area contributed by atoms with Gasteiger partial charge < -0.3 is 9.64 Å². The maximum Gasteiger partial charge on any atom is 0.293 e. The van der Waals surface area contributed by atoms with Crippen LogP contribution in [-0.4, -0.2) is 37.1 Å². The second kappa shape index (κ2) is 6.83. The smallest absolute Gasteiger partial charge is 0.293 e. The molecule has 0 aromatic carbocycles. The van der Waals surface area contributed by atoms with Crippen LogP contribution in [0.2, 0.25) is 0 Å². The summed E-state index contributed by atoms with van der Waals surface area (Å²) in [5.74, 6) is 0.869. The van der Waals surface area contributed by atoms with E-state index in [4.69, 9.17) is 4.74 Å². The van der Waals surface area contributed by atoms with Gasteiger partial charge in [-0.3, -0.25) is 4.79 Å². The Bertz CT molecular complexity index is 184. The van der Waals surface area contributed by atoms with Gasteiger partial charge in [0, 0.05) is 19.1 Å². The van der Waals surface area contributed by atoms with Gasteiger partial charge in [-0.15, -0.1) is 0 Å². The molecule has 1 saturated heterocycles. The zero-order valence-electron chi connectivity index (χ0n) is 9.95. The zero-order chi connectivity index (χ0) is 11.1. The van der Waals surface area contributed by atoms with Crippen molar-refractivity contribution in [1.82, 2.24) is 4.90 Å². The lowest BCUT2D eigenvalue weighted by molar-refractivity contribution is -0.128. The predicted octanol–water partition coefficient (Wildman–Crippen LogP) is 2.06. The first kappa shape index (κ1) is 12.5. The molecule has 1 heterocycles. The molecule has 15 heavy (non-hydrogen) atoms. The predicted molar refractivity (Wildman–Crippen MR) is 60.7 cm³/mol. The van der Waals surface area contributed by atoms with Crippen molar-refractivity contribution < 1.29 is 9.53 Å². The van der Waals surface area contributed by atoms with E-state index in [2.05, 4.69) is 18.7 Å². The molecular formula is C12H23NO2. The molecule has 0 N–H and O–H groups in total. The standard InChI is InChI=1S/C12H23NO2/c1-3-12-6-5-11(2)13(9-12)7-4-8-15-10-14/h10-12H,3-9H2,1-2H3. The maximum atomic E-state index is 9.98. The quantitative estimate of drug-likeness (QED) is 0.499. The van der Waals surface area contributed by atoms with E-state index in [0.29, 0.717) is 19.1 Å². The lowest BCUT2D eigenvalue weighted by Gasteiger charge is -2.37. The van der Waals surface area contributed by atoms with Crippen LogP contribution in [0.25, 0.3) is 0 Å². The summed E-state index contributed by atoms with van der Waals surface area (Å²) in [5.41, 5.74) is 0. The largest absolute Gasteiger partial charge is 0.468 e. The van der Waals surface area contributed by atoms with Crippen LogP contribution in [0.15, 0.2) is 0 Å². The van der Waals surface area contributed by atoms with E-state index in [1.165, 1.54) is 25.8 Å². The topological polar surface area (TPSA) is 29.5 Å².